The Morgan fingerprint density at radius 2 is 1.85 bits per heavy atom. The Balaban J connectivity index is 1.97. The Hall–Kier alpha value is -2.41. The van der Waals surface area contributed by atoms with E-state index < -0.39 is 0 Å². The number of aromatic nitrogens is 4. The fourth-order valence-electron chi connectivity index (χ4n) is 1.68. The first-order valence-electron chi connectivity index (χ1n) is 5.81. The van der Waals surface area contributed by atoms with E-state index in [-0.39, 0.29) is 6.01 Å². The summed E-state index contributed by atoms with van der Waals surface area (Å²) in [5, 5.41) is 11.4. The number of nitrogens with zero attached hydrogens (tertiary/aromatic N) is 4. The zero-order valence-electron chi connectivity index (χ0n) is 10.3. The number of para-hydroxylation sites is 1. The number of ether oxygens (including phenoxy) is 1. The summed E-state index contributed by atoms with van der Waals surface area (Å²) in [5.74, 6) is 0.553. The van der Waals surface area contributed by atoms with Gasteiger partial charge in [-0.1, -0.05) is 29.4 Å². The van der Waals surface area contributed by atoms with E-state index in [0.29, 0.717) is 15.9 Å². The molecule has 2 aromatic carbocycles. The first kappa shape index (κ1) is 12.6. The van der Waals surface area contributed by atoms with Gasteiger partial charge in [0.25, 0.3) is 0 Å². The molecular formula is C13H10BrN5O. The molecule has 0 unspecified atom stereocenters. The highest BCUT2D eigenvalue weighted by Gasteiger charge is 2.13. The first-order valence-corrected chi connectivity index (χ1v) is 6.60. The van der Waals surface area contributed by atoms with Gasteiger partial charge in [-0.2, -0.15) is 4.68 Å². The number of tetrazole rings is 1. The van der Waals surface area contributed by atoms with Gasteiger partial charge in [-0.05, 0) is 50.6 Å². The summed E-state index contributed by atoms with van der Waals surface area (Å²) >= 11 is 3.38. The van der Waals surface area contributed by atoms with Crippen molar-refractivity contribution in [1.82, 2.24) is 20.2 Å². The molecular weight excluding hydrogens is 322 g/mol. The van der Waals surface area contributed by atoms with Gasteiger partial charge in [-0.25, -0.2) is 0 Å². The molecule has 7 heteroatoms. The maximum atomic E-state index is 5.81. The third-order valence-electron chi connectivity index (χ3n) is 2.64. The highest BCUT2D eigenvalue weighted by atomic mass is 79.9. The molecule has 1 aromatic heterocycles. The lowest BCUT2D eigenvalue weighted by atomic mass is 10.3. The second-order valence-corrected chi connectivity index (χ2v) is 4.76. The summed E-state index contributed by atoms with van der Waals surface area (Å²) in [6.45, 7) is 0. The normalized spacial score (nSPS) is 10.4. The Kier molecular flexibility index (Phi) is 3.34. The zero-order chi connectivity index (χ0) is 13.9. The van der Waals surface area contributed by atoms with Crippen molar-refractivity contribution in [3.05, 3.63) is 53.0 Å². The number of hydrogen-bond donors (Lipinski definition) is 1. The van der Waals surface area contributed by atoms with E-state index in [0.717, 1.165) is 5.69 Å². The molecule has 0 saturated heterocycles. The largest absolute Gasteiger partial charge is 0.422 e. The standard InChI is InChI=1S/C13H10BrN5O/c14-12-10(15)7-4-8-11(12)20-13-16-17-18-19(13)9-5-2-1-3-6-9/h1-8H,15H2. The van der Waals surface area contributed by atoms with Crippen LogP contribution in [-0.4, -0.2) is 20.2 Å². The minimum atomic E-state index is 0.266. The zero-order valence-corrected chi connectivity index (χ0v) is 11.9. The van der Waals surface area contributed by atoms with Gasteiger partial charge < -0.3 is 10.5 Å². The minimum absolute atomic E-state index is 0.266. The van der Waals surface area contributed by atoms with Crippen molar-refractivity contribution in [1.29, 1.82) is 0 Å². The fraction of sp³-hybridized carbons (Fsp3) is 0. The second-order valence-electron chi connectivity index (χ2n) is 3.97. The van der Waals surface area contributed by atoms with Crippen LogP contribution in [0.5, 0.6) is 11.8 Å². The molecule has 20 heavy (non-hydrogen) atoms. The lowest BCUT2D eigenvalue weighted by Gasteiger charge is -2.08. The summed E-state index contributed by atoms with van der Waals surface area (Å²) < 4.78 is 7.89. The molecule has 0 spiro atoms. The first-order chi connectivity index (χ1) is 9.75. The van der Waals surface area contributed by atoms with Crippen LogP contribution in [0, 0.1) is 0 Å². The second kappa shape index (κ2) is 5.30. The van der Waals surface area contributed by atoms with Gasteiger partial charge in [0.2, 0.25) is 0 Å². The quantitative estimate of drug-likeness (QED) is 0.746. The number of nitrogens with two attached hydrogens (primary N) is 1. The van der Waals surface area contributed by atoms with Gasteiger partial charge in [-0.15, -0.1) is 0 Å². The fourth-order valence-corrected chi connectivity index (χ4v) is 2.02. The third kappa shape index (κ3) is 2.35. The SMILES string of the molecule is Nc1cccc(Oc2nnnn2-c2ccccc2)c1Br. The summed E-state index contributed by atoms with van der Waals surface area (Å²) in [5.41, 5.74) is 7.21. The van der Waals surface area contributed by atoms with Crippen LogP contribution in [-0.2, 0) is 0 Å². The molecule has 0 atom stereocenters. The molecule has 100 valence electrons. The van der Waals surface area contributed by atoms with Gasteiger partial charge in [0, 0.05) is 5.69 Å². The summed E-state index contributed by atoms with van der Waals surface area (Å²) in [7, 11) is 0. The van der Waals surface area contributed by atoms with Crippen molar-refractivity contribution < 1.29 is 4.74 Å². The molecule has 0 amide bonds. The van der Waals surface area contributed by atoms with Crippen LogP contribution in [0.2, 0.25) is 0 Å². The van der Waals surface area contributed by atoms with Crippen LogP contribution in [0.3, 0.4) is 0 Å². The minimum Gasteiger partial charge on any atom is -0.422 e. The maximum absolute atomic E-state index is 5.81. The predicted octanol–water partition coefficient (Wildman–Crippen LogP) is 2.80. The van der Waals surface area contributed by atoms with Crippen LogP contribution in [0.1, 0.15) is 0 Å². The molecule has 1 heterocycles. The van der Waals surface area contributed by atoms with E-state index in [9.17, 15) is 0 Å². The Bertz CT molecular complexity index is 729. The smallest absolute Gasteiger partial charge is 0.345 e. The molecule has 0 radical (unpaired) electrons. The highest BCUT2D eigenvalue weighted by Crippen LogP contribution is 2.33. The van der Waals surface area contributed by atoms with Crippen molar-refractivity contribution in [2.24, 2.45) is 0 Å². The van der Waals surface area contributed by atoms with E-state index in [2.05, 4.69) is 31.5 Å². The average Bonchev–Trinajstić information content (AvgIpc) is 2.93. The molecule has 2 N–H and O–H groups in total. The molecule has 6 nitrogen and oxygen atoms in total. The van der Waals surface area contributed by atoms with Crippen LogP contribution < -0.4 is 10.5 Å². The molecule has 0 fully saturated rings. The molecule has 0 saturated carbocycles. The van der Waals surface area contributed by atoms with Gasteiger partial charge in [0.15, 0.2) is 0 Å². The van der Waals surface area contributed by atoms with Crippen molar-refractivity contribution in [2.75, 3.05) is 5.73 Å². The Morgan fingerprint density at radius 3 is 2.65 bits per heavy atom. The predicted molar refractivity (Wildman–Crippen MR) is 77.8 cm³/mol. The number of anilines is 1. The van der Waals surface area contributed by atoms with Crippen molar-refractivity contribution in [2.45, 2.75) is 0 Å². The molecule has 0 aliphatic heterocycles. The third-order valence-corrected chi connectivity index (χ3v) is 3.48. The summed E-state index contributed by atoms with van der Waals surface area (Å²) in [6, 6.07) is 15.1. The van der Waals surface area contributed by atoms with E-state index in [1.807, 2.05) is 30.3 Å². The number of rotatable bonds is 3. The number of benzene rings is 2. The van der Waals surface area contributed by atoms with Crippen molar-refractivity contribution in [3.63, 3.8) is 0 Å². The van der Waals surface area contributed by atoms with E-state index in [4.69, 9.17) is 10.5 Å². The average molecular weight is 332 g/mol. The van der Waals surface area contributed by atoms with E-state index in [1.165, 1.54) is 4.68 Å². The molecule has 0 bridgehead atoms. The number of nitrogen functional groups attached to an aromatic ring is 1. The Morgan fingerprint density at radius 1 is 1.05 bits per heavy atom. The van der Waals surface area contributed by atoms with Crippen LogP contribution in [0.15, 0.2) is 53.0 Å². The molecule has 0 aliphatic carbocycles. The Labute approximate surface area is 123 Å². The van der Waals surface area contributed by atoms with Gasteiger partial charge in [0.05, 0.1) is 10.2 Å². The number of hydrogen-bond acceptors (Lipinski definition) is 5. The number of halogens is 1. The summed E-state index contributed by atoms with van der Waals surface area (Å²) in [6.07, 6.45) is 0. The monoisotopic (exact) mass is 331 g/mol. The molecule has 3 aromatic rings. The van der Waals surface area contributed by atoms with Crippen LogP contribution in [0.25, 0.3) is 5.69 Å². The molecule has 3 rings (SSSR count). The summed E-state index contributed by atoms with van der Waals surface area (Å²) in [4.78, 5) is 0. The topological polar surface area (TPSA) is 78.8 Å². The maximum Gasteiger partial charge on any atom is 0.345 e. The van der Waals surface area contributed by atoms with E-state index >= 15 is 0 Å². The van der Waals surface area contributed by atoms with Crippen molar-refractivity contribution in [3.8, 4) is 17.4 Å². The van der Waals surface area contributed by atoms with Gasteiger partial charge in [0.1, 0.15) is 5.75 Å². The molecule has 0 aliphatic rings. The van der Waals surface area contributed by atoms with E-state index in [1.54, 1.807) is 18.2 Å². The lowest BCUT2D eigenvalue weighted by Crippen LogP contribution is -2.00. The van der Waals surface area contributed by atoms with Gasteiger partial charge in [-0.3, -0.25) is 0 Å². The van der Waals surface area contributed by atoms with Crippen LogP contribution in [0.4, 0.5) is 5.69 Å². The van der Waals surface area contributed by atoms with Crippen LogP contribution >= 0.6 is 15.9 Å². The van der Waals surface area contributed by atoms with Gasteiger partial charge >= 0.3 is 6.01 Å². The van der Waals surface area contributed by atoms with Crippen molar-refractivity contribution >= 4 is 21.6 Å². The highest BCUT2D eigenvalue weighted by molar-refractivity contribution is 9.10. The lowest BCUT2D eigenvalue weighted by molar-refractivity contribution is 0.425.